The first kappa shape index (κ1) is 11.2. The molecule has 1 aliphatic heterocycles. The number of nitrogens with zero attached hydrogens (tertiary/aromatic N) is 2. The second kappa shape index (κ2) is 5.19. The monoisotopic (exact) mass is 239 g/mol. The lowest BCUT2D eigenvalue weighted by Gasteiger charge is -2.26. The maximum Gasteiger partial charge on any atom is 0.0562 e. The molecule has 1 aliphatic rings. The van der Waals surface area contributed by atoms with Crippen LogP contribution in [-0.2, 0) is 6.54 Å². The van der Waals surface area contributed by atoms with Crippen LogP contribution in [0, 0.1) is 0 Å². The van der Waals surface area contributed by atoms with Crippen molar-refractivity contribution in [2.24, 2.45) is 0 Å². The van der Waals surface area contributed by atoms with Gasteiger partial charge < -0.3 is 0 Å². The van der Waals surface area contributed by atoms with E-state index in [1.807, 2.05) is 12.4 Å². The minimum Gasteiger partial charge on any atom is -0.295 e. The molecule has 0 radical (unpaired) electrons. The van der Waals surface area contributed by atoms with E-state index in [2.05, 4.69) is 51.5 Å². The molecule has 0 amide bonds. The summed E-state index contributed by atoms with van der Waals surface area (Å²) in [6.45, 7) is 3.18. The van der Waals surface area contributed by atoms with Crippen LogP contribution in [0.15, 0.2) is 48.8 Å². The fourth-order valence-corrected chi connectivity index (χ4v) is 2.39. The third-order valence-corrected chi connectivity index (χ3v) is 3.41. The number of nitrogens with one attached hydrogen (secondary N) is 1. The summed E-state index contributed by atoms with van der Waals surface area (Å²) < 4.78 is 0. The summed E-state index contributed by atoms with van der Waals surface area (Å²) in [5.74, 6) is 0. The summed E-state index contributed by atoms with van der Waals surface area (Å²) in [4.78, 5) is 2.47. The number of benzene rings is 1. The minimum absolute atomic E-state index is 1.02. The van der Waals surface area contributed by atoms with Gasteiger partial charge in [-0.05, 0) is 17.6 Å². The smallest absolute Gasteiger partial charge is 0.0562 e. The van der Waals surface area contributed by atoms with Crippen LogP contribution in [0.1, 0.15) is 17.5 Å². The molecule has 3 nitrogen and oxygen atoms in total. The molecule has 1 N–H and O–H groups in total. The van der Waals surface area contributed by atoms with Crippen LogP contribution in [0.3, 0.4) is 0 Å². The number of H-pyrrole nitrogens is 1. The zero-order valence-corrected chi connectivity index (χ0v) is 10.3. The van der Waals surface area contributed by atoms with Gasteiger partial charge in [-0.1, -0.05) is 36.4 Å². The standard InChI is InChI=1S/C15H17N3/c1-2-4-13(5-3-1)12-18-8-6-14(7-9-18)15-10-16-17-11-15/h1-6,10-11H,7-9,12H2,(H,16,17). The molecule has 92 valence electrons. The molecule has 0 saturated heterocycles. The van der Waals surface area contributed by atoms with Crippen molar-refractivity contribution in [2.45, 2.75) is 13.0 Å². The van der Waals surface area contributed by atoms with Gasteiger partial charge in [0.05, 0.1) is 6.20 Å². The molecule has 0 atom stereocenters. The molecular formula is C15H17N3. The number of hydrogen-bond donors (Lipinski definition) is 1. The third-order valence-electron chi connectivity index (χ3n) is 3.41. The molecule has 2 aromatic rings. The third kappa shape index (κ3) is 2.51. The molecule has 0 bridgehead atoms. The van der Waals surface area contributed by atoms with Crippen LogP contribution in [0.4, 0.5) is 0 Å². The van der Waals surface area contributed by atoms with E-state index in [1.165, 1.54) is 16.7 Å². The Labute approximate surface area is 107 Å². The van der Waals surface area contributed by atoms with Crippen LogP contribution in [0.25, 0.3) is 5.57 Å². The Balaban J connectivity index is 1.63. The van der Waals surface area contributed by atoms with E-state index in [9.17, 15) is 0 Å². The maximum atomic E-state index is 4.00. The van der Waals surface area contributed by atoms with Crippen LogP contribution in [-0.4, -0.2) is 28.2 Å². The molecule has 3 rings (SSSR count). The molecule has 0 fully saturated rings. The maximum absolute atomic E-state index is 4.00. The summed E-state index contributed by atoms with van der Waals surface area (Å²) in [7, 11) is 0. The summed E-state index contributed by atoms with van der Waals surface area (Å²) in [5, 5.41) is 6.88. The van der Waals surface area contributed by atoms with Gasteiger partial charge in [0.25, 0.3) is 0 Å². The highest BCUT2D eigenvalue weighted by Gasteiger charge is 2.13. The van der Waals surface area contributed by atoms with Crippen molar-refractivity contribution >= 4 is 5.57 Å². The van der Waals surface area contributed by atoms with Crippen molar-refractivity contribution in [3.05, 3.63) is 59.9 Å². The van der Waals surface area contributed by atoms with Crippen molar-refractivity contribution in [3.63, 3.8) is 0 Å². The lowest BCUT2D eigenvalue weighted by Crippen LogP contribution is -2.27. The summed E-state index contributed by atoms with van der Waals surface area (Å²) in [5.41, 5.74) is 4.03. The van der Waals surface area contributed by atoms with E-state index in [1.54, 1.807) is 0 Å². The van der Waals surface area contributed by atoms with Crippen LogP contribution in [0.5, 0.6) is 0 Å². The molecule has 1 aromatic carbocycles. The van der Waals surface area contributed by atoms with E-state index in [0.29, 0.717) is 0 Å². The Kier molecular flexibility index (Phi) is 3.24. The number of rotatable bonds is 3. The van der Waals surface area contributed by atoms with Gasteiger partial charge in [-0.3, -0.25) is 10.00 Å². The van der Waals surface area contributed by atoms with E-state index in [4.69, 9.17) is 0 Å². The fraction of sp³-hybridized carbons (Fsp3) is 0.267. The van der Waals surface area contributed by atoms with Gasteiger partial charge in [-0.2, -0.15) is 5.10 Å². The molecule has 0 spiro atoms. The molecule has 0 unspecified atom stereocenters. The average Bonchev–Trinajstić information content (AvgIpc) is 2.95. The van der Waals surface area contributed by atoms with E-state index in [-0.39, 0.29) is 0 Å². The van der Waals surface area contributed by atoms with Gasteiger partial charge in [-0.15, -0.1) is 0 Å². The molecular weight excluding hydrogens is 222 g/mol. The lowest BCUT2D eigenvalue weighted by atomic mass is 10.0. The Bertz CT molecular complexity index is 514. The predicted octanol–water partition coefficient (Wildman–Crippen LogP) is 2.70. The Hall–Kier alpha value is -1.87. The molecule has 0 aliphatic carbocycles. The summed E-state index contributed by atoms with van der Waals surface area (Å²) in [6.07, 6.45) is 7.29. The van der Waals surface area contributed by atoms with Crippen molar-refractivity contribution in [1.29, 1.82) is 0 Å². The van der Waals surface area contributed by atoms with Gasteiger partial charge in [0.2, 0.25) is 0 Å². The van der Waals surface area contributed by atoms with Gasteiger partial charge in [0.15, 0.2) is 0 Å². The number of aromatic nitrogens is 2. The lowest BCUT2D eigenvalue weighted by molar-refractivity contribution is 0.294. The van der Waals surface area contributed by atoms with Gasteiger partial charge in [-0.25, -0.2) is 0 Å². The highest BCUT2D eigenvalue weighted by molar-refractivity contribution is 5.65. The highest BCUT2D eigenvalue weighted by atomic mass is 15.1. The normalized spacial score (nSPS) is 16.6. The largest absolute Gasteiger partial charge is 0.295 e. The van der Waals surface area contributed by atoms with E-state index < -0.39 is 0 Å². The SMILES string of the molecule is C1=C(c2cn[nH]c2)CCN(Cc2ccccc2)C1. The van der Waals surface area contributed by atoms with Crippen molar-refractivity contribution < 1.29 is 0 Å². The highest BCUT2D eigenvalue weighted by Crippen LogP contribution is 2.21. The summed E-state index contributed by atoms with van der Waals surface area (Å²) >= 11 is 0. The molecule has 1 aromatic heterocycles. The van der Waals surface area contributed by atoms with Crippen molar-refractivity contribution in [3.8, 4) is 0 Å². The second-order valence-corrected chi connectivity index (χ2v) is 4.69. The van der Waals surface area contributed by atoms with Crippen LogP contribution in [0.2, 0.25) is 0 Å². The van der Waals surface area contributed by atoms with E-state index in [0.717, 1.165) is 26.1 Å². The van der Waals surface area contributed by atoms with Crippen LogP contribution >= 0.6 is 0 Å². The Morgan fingerprint density at radius 3 is 2.78 bits per heavy atom. The van der Waals surface area contributed by atoms with Crippen molar-refractivity contribution in [2.75, 3.05) is 13.1 Å². The van der Waals surface area contributed by atoms with Crippen LogP contribution < -0.4 is 0 Å². The second-order valence-electron chi connectivity index (χ2n) is 4.69. The number of aromatic amines is 1. The van der Waals surface area contributed by atoms with Gasteiger partial charge in [0, 0.05) is 31.4 Å². The fourth-order valence-electron chi connectivity index (χ4n) is 2.39. The quantitative estimate of drug-likeness (QED) is 0.893. The predicted molar refractivity (Wildman–Crippen MR) is 72.9 cm³/mol. The number of hydrogen-bond acceptors (Lipinski definition) is 2. The molecule has 2 heterocycles. The zero-order chi connectivity index (χ0) is 12.2. The topological polar surface area (TPSA) is 31.9 Å². The Morgan fingerprint density at radius 2 is 2.11 bits per heavy atom. The average molecular weight is 239 g/mol. The first-order valence-electron chi connectivity index (χ1n) is 6.36. The first-order valence-corrected chi connectivity index (χ1v) is 6.36. The van der Waals surface area contributed by atoms with Crippen molar-refractivity contribution in [1.82, 2.24) is 15.1 Å². The van der Waals surface area contributed by atoms with Gasteiger partial charge >= 0.3 is 0 Å². The molecule has 3 heteroatoms. The molecule has 18 heavy (non-hydrogen) atoms. The molecule has 0 saturated carbocycles. The Morgan fingerprint density at radius 1 is 1.22 bits per heavy atom. The van der Waals surface area contributed by atoms with Gasteiger partial charge in [0.1, 0.15) is 0 Å². The zero-order valence-electron chi connectivity index (χ0n) is 10.3. The summed E-state index contributed by atoms with van der Waals surface area (Å²) in [6, 6.07) is 10.7. The first-order chi connectivity index (χ1) is 8.92. The van der Waals surface area contributed by atoms with E-state index >= 15 is 0 Å². The minimum atomic E-state index is 1.02.